The molecule has 92 valence electrons. The van der Waals surface area contributed by atoms with Gasteiger partial charge in [-0.05, 0) is 30.9 Å². The molecule has 0 saturated heterocycles. The number of hydrogen-bond acceptors (Lipinski definition) is 4. The van der Waals surface area contributed by atoms with Crippen LogP contribution in [0.2, 0.25) is 5.15 Å². The van der Waals surface area contributed by atoms with Crippen molar-refractivity contribution in [2.24, 2.45) is 5.92 Å². The maximum Gasteiger partial charge on any atom is 0.339 e. The number of nitrogens with one attached hydrogen (secondary N) is 1. The highest BCUT2D eigenvalue weighted by molar-refractivity contribution is 6.29. The number of aromatic carboxylic acids is 1. The van der Waals surface area contributed by atoms with E-state index in [4.69, 9.17) is 21.8 Å². The molecule has 1 aliphatic carbocycles. The van der Waals surface area contributed by atoms with Gasteiger partial charge in [0.05, 0.1) is 6.10 Å². The van der Waals surface area contributed by atoms with Crippen LogP contribution in [-0.4, -0.2) is 33.8 Å². The first-order valence-corrected chi connectivity index (χ1v) is 5.76. The summed E-state index contributed by atoms with van der Waals surface area (Å²) in [5, 5.41) is 21.3. The lowest BCUT2D eigenvalue weighted by molar-refractivity contribution is 0.0485. The van der Waals surface area contributed by atoms with E-state index in [2.05, 4.69) is 10.3 Å². The minimum absolute atomic E-state index is 0.106. The molecule has 0 aliphatic heterocycles. The Morgan fingerprint density at radius 1 is 1.53 bits per heavy atom. The first-order chi connectivity index (χ1) is 8.06. The summed E-state index contributed by atoms with van der Waals surface area (Å²) in [7, 11) is 0. The van der Waals surface area contributed by atoms with Gasteiger partial charge in [0, 0.05) is 6.54 Å². The first kappa shape index (κ1) is 12.1. The largest absolute Gasteiger partial charge is 0.478 e. The van der Waals surface area contributed by atoms with Gasteiger partial charge in [-0.15, -0.1) is 0 Å². The van der Waals surface area contributed by atoms with Crippen LogP contribution in [0.1, 0.15) is 23.2 Å². The molecule has 17 heavy (non-hydrogen) atoms. The van der Waals surface area contributed by atoms with Gasteiger partial charge in [-0.25, -0.2) is 9.78 Å². The molecule has 1 aliphatic rings. The van der Waals surface area contributed by atoms with E-state index in [0.717, 1.165) is 12.8 Å². The van der Waals surface area contributed by atoms with Crippen LogP contribution in [-0.2, 0) is 0 Å². The third-order valence-electron chi connectivity index (χ3n) is 2.86. The van der Waals surface area contributed by atoms with Crippen molar-refractivity contribution in [3.63, 3.8) is 0 Å². The topological polar surface area (TPSA) is 82.5 Å². The molecule has 0 aromatic carbocycles. The monoisotopic (exact) mass is 256 g/mol. The summed E-state index contributed by atoms with van der Waals surface area (Å²) in [6.45, 7) is 0.602. The van der Waals surface area contributed by atoms with E-state index in [1.165, 1.54) is 12.1 Å². The van der Waals surface area contributed by atoms with E-state index in [9.17, 15) is 4.79 Å². The number of anilines is 1. The Balaban J connectivity index is 2.03. The summed E-state index contributed by atoms with van der Waals surface area (Å²) >= 11 is 5.72. The lowest BCUT2D eigenvalue weighted by atomic mass is 9.82. The van der Waals surface area contributed by atoms with Crippen molar-refractivity contribution in [1.29, 1.82) is 0 Å². The molecular formula is C11H13ClN2O3. The minimum atomic E-state index is -1.04. The highest BCUT2D eigenvalue weighted by Crippen LogP contribution is 2.27. The summed E-state index contributed by atoms with van der Waals surface area (Å²) in [6.07, 6.45) is 1.28. The second-order valence-electron chi connectivity index (χ2n) is 4.21. The van der Waals surface area contributed by atoms with E-state index in [1.807, 2.05) is 0 Å². The van der Waals surface area contributed by atoms with Crippen LogP contribution in [0.4, 0.5) is 5.82 Å². The van der Waals surface area contributed by atoms with Crippen molar-refractivity contribution >= 4 is 23.4 Å². The third-order valence-corrected chi connectivity index (χ3v) is 3.07. The minimum Gasteiger partial charge on any atom is -0.478 e. The molecule has 1 saturated carbocycles. The van der Waals surface area contributed by atoms with E-state index in [1.54, 1.807) is 0 Å². The van der Waals surface area contributed by atoms with Gasteiger partial charge in [0.1, 0.15) is 16.5 Å². The van der Waals surface area contributed by atoms with Crippen molar-refractivity contribution < 1.29 is 15.0 Å². The fourth-order valence-electron chi connectivity index (χ4n) is 1.85. The maximum atomic E-state index is 11.0. The highest BCUT2D eigenvalue weighted by atomic mass is 35.5. The fraction of sp³-hybridized carbons (Fsp3) is 0.455. The van der Waals surface area contributed by atoms with Crippen LogP contribution in [0, 0.1) is 5.92 Å². The number of hydrogen-bond donors (Lipinski definition) is 3. The number of aromatic nitrogens is 1. The Morgan fingerprint density at radius 3 is 2.82 bits per heavy atom. The fourth-order valence-corrected chi connectivity index (χ4v) is 2.00. The van der Waals surface area contributed by atoms with Crippen LogP contribution >= 0.6 is 11.6 Å². The summed E-state index contributed by atoms with van der Waals surface area (Å²) in [4.78, 5) is 14.9. The zero-order valence-electron chi connectivity index (χ0n) is 9.06. The zero-order chi connectivity index (χ0) is 12.4. The number of aliphatic hydroxyl groups excluding tert-OH is 1. The van der Waals surface area contributed by atoms with E-state index in [0.29, 0.717) is 12.5 Å². The average Bonchev–Trinajstić information content (AvgIpc) is 2.22. The van der Waals surface area contributed by atoms with E-state index < -0.39 is 5.97 Å². The Kier molecular flexibility index (Phi) is 3.49. The van der Waals surface area contributed by atoms with Gasteiger partial charge in [0.2, 0.25) is 0 Å². The molecule has 1 heterocycles. The van der Waals surface area contributed by atoms with Gasteiger partial charge in [-0.1, -0.05) is 11.6 Å². The smallest absolute Gasteiger partial charge is 0.339 e. The number of carboxylic acid groups (broad SMARTS) is 1. The number of carbonyl (C=O) groups is 1. The Morgan fingerprint density at radius 2 is 2.24 bits per heavy atom. The van der Waals surface area contributed by atoms with Gasteiger partial charge in [0.15, 0.2) is 0 Å². The molecule has 0 atom stereocenters. The average molecular weight is 257 g/mol. The van der Waals surface area contributed by atoms with Gasteiger partial charge < -0.3 is 15.5 Å². The molecular weight excluding hydrogens is 244 g/mol. The molecule has 1 fully saturated rings. The van der Waals surface area contributed by atoms with Gasteiger partial charge in [-0.3, -0.25) is 0 Å². The molecule has 1 aromatic heterocycles. The molecule has 0 radical (unpaired) electrons. The third kappa shape index (κ3) is 2.87. The van der Waals surface area contributed by atoms with E-state index in [-0.39, 0.29) is 22.6 Å². The van der Waals surface area contributed by atoms with Crippen molar-refractivity contribution in [3.05, 3.63) is 22.8 Å². The number of pyridine rings is 1. The summed E-state index contributed by atoms with van der Waals surface area (Å²) < 4.78 is 0. The predicted molar refractivity (Wildman–Crippen MR) is 63.4 cm³/mol. The Hall–Kier alpha value is -1.33. The number of aliphatic hydroxyl groups is 1. The van der Waals surface area contributed by atoms with E-state index >= 15 is 0 Å². The standard InChI is InChI=1S/C11H13ClN2O3/c12-9-2-1-8(11(16)17)10(14-9)13-5-6-3-7(15)4-6/h1-2,6-7,15H,3-5H2,(H,13,14)(H,16,17). The van der Waals surface area contributed by atoms with Crippen LogP contribution in [0.25, 0.3) is 0 Å². The number of carboxylic acids is 1. The number of nitrogens with zero attached hydrogens (tertiary/aromatic N) is 1. The molecule has 0 amide bonds. The van der Waals surface area contributed by atoms with Gasteiger partial charge in [0.25, 0.3) is 0 Å². The van der Waals surface area contributed by atoms with Gasteiger partial charge >= 0.3 is 5.97 Å². The van der Waals surface area contributed by atoms with Crippen LogP contribution in [0.15, 0.2) is 12.1 Å². The highest BCUT2D eigenvalue weighted by Gasteiger charge is 2.27. The number of rotatable bonds is 4. The normalized spacial score (nSPS) is 22.9. The van der Waals surface area contributed by atoms with Crippen LogP contribution < -0.4 is 5.32 Å². The van der Waals surface area contributed by atoms with Crippen molar-refractivity contribution in [1.82, 2.24) is 4.98 Å². The molecule has 0 spiro atoms. The summed E-state index contributed by atoms with van der Waals surface area (Å²) in [5.74, 6) is -0.385. The molecule has 3 N–H and O–H groups in total. The molecule has 0 unspecified atom stereocenters. The summed E-state index contributed by atoms with van der Waals surface area (Å²) in [5.41, 5.74) is 0.106. The van der Waals surface area contributed by atoms with Crippen LogP contribution in [0.5, 0.6) is 0 Å². The zero-order valence-corrected chi connectivity index (χ0v) is 9.81. The number of halogens is 1. The lowest BCUT2D eigenvalue weighted by Crippen LogP contribution is -2.33. The SMILES string of the molecule is O=C(O)c1ccc(Cl)nc1NCC1CC(O)C1. The van der Waals surface area contributed by atoms with Gasteiger partial charge in [-0.2, -0.15) is 0 Å². The maximum absolute atomic E-state index is 11.0. The molecule has 1 aromatic rings. The summed E-state index contributed by atoms with van der Waals surface area (Å²) in [6, 6.07) is 2.87. The lowest BCUT2D eigenvalue weighted by Gasteiger charge is -2.31. The second-order valence-corrected chi connectivity index (χ2v) is 4.59. The Labute approximate surface area is 103 Å². The van der Waals surface area contributed by atoms with Crippen molar-refractivity contribution in [2.45, 2.75) is 18.9 Å². The van der Waals surface area contributed by atoms with Crippen molar-refractivity contribution in [3.8, 4) is 0 Å². The Bertz CT molecular complexity index is 433. The second kappa shape index (κ2) is 4.89. The van der Waals surface area contributed by atoms with Crippen LogP contribution in [0.3, 0.4) is 0 Å². The molecule has 5 nitrogen and oxygen atoms in total. The quantitative estimate of drug-likeness (QED) is 0.713. The molecule has 0 bridgehead atoms. The predicted octanol–water partition coefficient (Wildman–Crippen LogP) is 1.62. The van der Waals surface area contributed by atoms with Crippen molar-refractivity contribution in [2.75, 3.05) is 11.9 Å². The first-order valence-electron chi connectivity index (χ1n) is 5.38. The molecule has 6 heteroatoms. The molecule has 2 rings (SSSR count).